The number of benzene rings is 2. The highest BCUT2D eigenvalue weighted by atomic mass is 32.1. The predicted octanol–water partition coefficient (Wildman–Crippen LogP) is 2.96. The van der Waals surface area contributed by atoms with Crippen LogP contribution in [0.5, 0.6) is 0 Å². The first-order chi connectivity index (χ1) is 8.63. The van der Waals surface area contributed by atoms with E-state index in [1.807, 2.05) is 6.07 Å². The second kappa shape index (κ2) is 3.99. The number of fused-ring (bicyclic) bond motifs is 2. The summed E-state index contributed by atoms with van der Waals surface area (Å²) in [6, 6.07) is 10.3. The number of carbonyl (C=O) groups is 1. The van der Waals surface area contributed by atoms with Crippen molar-refractivity contribution >= 4 is 27.3 Å². The maximum Gasteiger partial charge on any atom is 0.180 e. The molecular formula is C14H9NO2S. The minimum absolute atomic E-state index is 0.0137. The van der Waals surface area contributed by atoms with Crippen molar-refractivity contribution in [2.24, 2.45) is 0 Å². The molecule has 0 aromatic heterocycles. The first kappa shape index (κ1) is 11.0. The van der Waals surface area contributed by atoms with Gasteiger partial charge in [0.25, 0.3) is 0 Å². The second-order valence-electron chi connectivity index (χ2n) is 4.08. The molecule has 1 aliphatic carbocycles. The van der Waals surface area contributed by atoms with Crippen LogP contribution in [0.2, 0.25) is 0 Å². The molecule has 1 aliphatic heterocycles. The molecule has 1 aromatic carbocycles. The Hall–Kier alpha value is -2.07. The van der Waals surface area contributed by atoms with Crippen LogP contribution in [0.3, 0.4) is 0 Å². The van der Waals surface area contributed by atoms with E-state index in [0.717, 1.165) is 20.8 Å². The lowest BCUT2D eigenvalue weighted by Crippen LogP contribution is -1.98. The predicted molar refractivity (Wildman–Crippen MR) is 72.5 cm³/mol. The Labute approximate surface area is 107 Å². The highest BCUT2D eigenvalue weighted by molar-refractivity contribution is 7.21. The van der Waals surface area contributed by atoms with Crippen LogP contribution in [0, 0.1) is 0 Å². The zero-order chi connectivity index (χ0) is 12.7. The number of aromatic nitrogens is 1. The van der Waals surface area contributed by atoms with Crippen molar-refractivity contribution in [3.63, 3.8) is 0 Å². The number of hydrogen-bond acceptors (Lipinski definition) is 4. The Bertz CT molecular complexity index is 791. The van der Waals surface area contributed by atoms with Gasteiger partial charge in [0.05, 0.1) is 20.8 Å². The molecule has 3 rings (SSSR count). The summed E-state index contributed by atoms with van der Waals surface area (Å²) in [5.41, 5.74) is 2.22. The number of Topliss-reactive ketones (excluding diaryl/α,β-unsaturated/α-hetero) is 1. The third kappa shape index (κ3) is 1.80. The van der Waals surface area contributed by atoms with Crippen LogP contribution in [0.1, 0.15) is 17.3 Å². The van der Waals surface area contributed by atoms with E-state index in [1.165, 1.54) is 24.3 Å². The van der Waals surface area contributed by atoms with Gasteiger partial charge in [-0.05, 0) is 37.3 Å². The van der Waals surface area contributed by atoms with Crippen LogP contribution in [0.15, 0.2) is 41.2 Å². The van der Waals surface area contributed by atoms with Crippen LogP contribution in [-0.2, 0) is 0 Å². The molecule has 2 aliphatic rings. The Morgan fingerprint density at radius 1 is 1.17 bits per heavy atom. The third-order valence-corrected chi connectivity index (χ3v) is 3.87. The van der Waals surface area contributed by atoms with Crippen molar-refractivity contribution in [3.8, 4) is 10.6 Å². The maximum atomic E-state index is 11.3. The zero-order valence-electron chi connectivity index (χ0n) is 9.64. The van der Waals surface area contributed by atoms with Crippen molar-refractivity contribution in [2.75, 3.05) is 0 Å². The summed E-state index contributed by atoms with van der Waals surface area (Å²) in [5.74, 6) is 0.0266. The van der Waals surface area contributed by atoms with E-state index in [0.29, 0.717) is 5.56 Å². The van der Waals surface area contributed by atoms with Gasteiger partial charge in [0, 0.05) is 11.6 Å². The maximum absolute atomic E-state index is 11.3. The minimum Gasteiger partial charge on any atom is -0.295 e. The monoisotopic (exact) mass is 255 g/mol. The Morgan fingerprint density at radius 3 is 2.78 bits per heavy atom. The molecule has 3 nitrogen and oxygen atoms in total. The first-order valence-electron chi connectivity index (χ1n) is 5.49. The first-order valence-corrected chi connectivity index (χ1v) is 6.31. The molecule has 0 saturated heterocycles. The highest BCUT2D eigenvalue weighted by Gasteiger charge is 2.08. The highest BCUT2D eigenvalue weighted by Crippen LogP contribution is 2.29. The van der Waals surface area contributed by atoms with Crippen LogP contribution in [0.4, 0.5) is 0 Å². The van der Waals surface area contributed by atoms with Gasteiger partial charge < -0.3 is 0 Å². The fourth-order valence-electron chi connectivity index (χ4n) is 1.83. The van der Waals surface area contributed by atoms with E-state index < -0.39 is 0 Å². The number of ketones is 1. The van der Waals surface area contributed by atoms with Gasteiger partial charge in [0.2, 0.25) is 0 Å². The Kier molecular flexibility index (Phi) is 2.45. The van der Waals surface area contributed by atoms with Crippen molar-refractivity contribution in [2.45, 2.75) is 6.92 Å². The van der Waals surface area contributed by atoms with Gasteiger partial charge in [-0.25, -0.2) is 4.98 Å². The Morgan fingerprint density at radius 2 is 2.00 bits per heavy atom. The van der Waals surface area contributed by atoms with Gasteiger partial charge in [-0.1, -0.05) is 0 Å². The van der Waals surface area contributed by atoms with Gasteiger partial charge in [-0.2, -0.15) is 0 Å². The molecule has 0 atom stereocenters. The summed E-state index contributed by atoms with van der Waals surface area (Å²) in [6.07, 6.45) is 0. The topological polar surface area (TPSA) is 47.0 Å². The van der Waals surface area contributed by atoms with Crippen molar-refractivity contribution in [1.82, 2.24) is 4.98 Å². The van der Waals surface area contributed by atoms with E-state index in [9.17, 15) is 9.59 Å². The lowest BCUT2D eigenvalue weighted by Gasteiger charge is -2.05. The van der Waals surface area contributed by atoms with Gasteiger partial charge in [0.1, 0.15) is 0 Å². The molecule has 0 N–H and O–H groups in total. The molecule has 0 fully saturated rings. The largest absolute Gasteiger partial charge is 0.295 e. The summed E-state index contributed by atoms with van der Waals surface area (Å²) in [6.45, 7) is 1.54. The fourth-order valence-corrected chi connectivity index (χ4v) is 2.80. The van der Waals surface area contributed by atoms with Crippen LogP contribution >= 0.6 is 11.3 Å². The molecule has 0 bridgehead atoms. The van der Waals surface area contributed by atoms with E-state index in [4.69, 9.17) is 0 Å². The molecule has 0 spiro atoms. The Balaban J connectivity index is 2.35. The number of hydrogen-bond donors (Lipinski definition) is 0. The molecule has 4 heteroatoms. The van der Waals surface area contributed by atoms with E-state index in [-0.39, 0.29) is 11.2 Å². The summed E-state index contributed by atoms with van der Waals surface area (Å²) in [5, 5.41) is 0. The third-order valence-electron chi connectivity index (χ3n) is 2.76. The van der Waals surface area contributed by atoms with Crippen molar-refractivity contribution in [1.29, 1.82) is 0 Å². The molecule has 0 saturated carbocycles. The SMILES string of the molecule is CC(=O)c1ccc2sc3cc(=O)ccc-3nc2c1. The van der Waals surface area contributed by atoms with Crippen molar-refractivity contribution in [3.05, 3.63) is 52.2 Å². The summed E-state index contributed by atoms with van der Waals surface area (Å²) >= 11 is 1.51. The standard InChI is InChI=1S/C14H9NO2S/c1-8(16)9-2-5-13-12(6-9)15-11-4-3-10(17)7-14(11)18-13/h2-7H,1H3. The molecular weight excluding hydrogens is 246 g/mol. The second-order valence-corrected chi connectivity index (χ2v) is 5.17. The zero-order valence-corrected chi connectivity index (χ0v) is 10.5. The van der Waals surface area contributed by atoms with Gasteiger partial charge in [-0.3, -0.25) is 9.59 Å². The smallest absolute Gasteiger partial charge is 0.180 e. The molecule has 0 unspecified atom stereocenters. The molecule has 1 aromatic rings. The fraction of sp³-hybridized carbons (Fsp3) is 0.0714. The number of carbonyl (C=O) groups excluding carboxylic acids is 1. The lowest BCUT2D eigenvalue weighted by atomic mass is 10.1. The summed E-state index contributed by atoms with van der Waals surface area (Å²) in [7, 11) is 0. The van der Waals surface area contributed by atoms with Crippen molar-refractivity contribution < 1.29 is 4.79 Å². The van der Waals surface area contributed by atoms with Gasteiger partial charge in [-0.15, -0.1) is 11.3 Å². The quantitative estimate of drug-likeness (QED) is 0.496. The van der Waals surface area contributed by atoms with Crippen LogP contribution in [0.25, 0.3) is 20.8 Å². The van der Waals surface area contributed by atoms with Crippen LogP contribution < -0.4 is 5.43 Å². The van der Waals surface area contributed by atoms with Gasteiger partial charge >= 0.3 is 0 Å². The molecule has 0 radical (unpaired) electrons. The van der Waals surface area contributed by atoms with E-state index >= 15 is 0 Å². The average molecular weight is 255 g/mol. The van der Waals surface area contributed by atoms with Crippen LogP contribution in [-0.4, -0.2) is 10.8 Å². The molecule has 88 valence electrons. The summed E-state index contributed by atoms with van der Waals surface area (Å²) < 4.78 is 0.970. The van der Waals surface area contributed by atoms with Gasteiger partial charge in [0.15, 0.2) is 11.2 Å². The van der Waals surface area contributed by atoms with E-state index in [2.05, 4.69) is 4.98 Å². The molecule has 0 amide bonds. The number of rotatable bonds is 1. The lowest BCUT2D eigenvalue weighted by molar-refractivity contribution is 0.101. The normalized spacial score (nSPS) is 10.9. The molecule has 18 heavy (non-hydrogen) atoms. The molecule has 1 heterocycles. The summed E-state index contributed by atoms with van der Waals surface area (Å²) in [4.78, 5) is 28.0. The van der Waals surface area contributed by atoms with E-state index in [1.54, 1.807) is 24.3 Å². The average Bonchev–Trinajstić information content (AvgIpc) is 2.35. The number of nitrogens with zero attached hydrogens (tertiary/aromatic N) is 1. The minimum atomic E-state index is -0.0137.